The quantitative estimate of drug-likeness (QED) is 0.830. The lowest BCUT2D eigenvalue weighted by Crippen LogP contribution is -2.50. The second-order valence-electron chi connectivity index (χ2n) is 6.95. The van der Waals surface area contributed by atoms with E-state index in [0.29, 0.717) is 11.8 Å². The summed E-state index contributed by atoms with van der Waals surface area (Å²) in [5.41, 5.74) is -0.334. The zero-order chi connectivity index (χ0) is 14.0. The normalized spacial score (nSPS) is 21.9. The average molecular weight is 266 g/mol. The average Bonchev–Trinajstić information content (AvgIpc) is 2.26. The van der Waals surface area contributed by atoms with E-state index in [-0.39, 0.29) is 17.4 Å². The number of hydrogen-bond acceptors (Lipinski definition) is 2. The van der Waals surface area contributed by atoms with E-state index in [9.17, 15) is 9.59 Å². The van der Waals surface area contributed by atoms with Gasteiger partial charge in [0, 0.05) is 30.5 Å². The number of hydrogen-bond donors (Lipinski definition) is 1. The zero-order valence-corrected chi connectivity index (χ0v) is 12.4. The van der Waals surface area contributed by atoms with Gasteiger partial charge < -0.3 is 10.2 Å². The molecule has 1 aliphatic carbocycles. The highest BCUT2D eigenvalue weighted by Gasteiger charge is 2.32. The molecule has 1 saturated carbocycles. The fraction of sp³-hybridized carbons (Fsp3) is 0.867. The van der Waals surface area contributed by atoms with Gasteiger partial charge in [0.25, 0.3) is 0 Å². The first kappa shape index (κ1) is 14.4. The predicted octanol–water partition coefficient (Wildman–Crippen LogP) is 1.94. The number of nitrogens with zero attached hydrogens (tertiary/aromatic N) is 1. The summed E-state index contributed by atoms with van der Waals surface area (Å²) in [6, 6.07) is 0.233. The summed E-state index contributed by atoms with van der Waals surface area (Å²) >= 11 is 0. The molecule has 0 spiro atoms. The number of carbonyl (C=O) groups is 2. The monoisotopic (exact) mass is 266 g/mol. The molecule has 0 aromatic carbocycles. The minimum Gasteiger partial charge on any atom is -0.353 e. The van der Waals surface area contributed by atoms with Gasteiger partial charge in [0.05, 0.1) is 0 Å². The molecule has 2 amide bonds. The van der Waals surface area contributed by atoms with E-state index >= 15 is 0 Å². The smallest absolute Gasteiger partial charge is 0.225 e. The molecule has 4 heteroatoms. The number of nitrogens with one attached hydrogen (secondary N) is 1. The van der Waals surface area contributed by atoms with Gasteiger partial charge in [-0.05, 0) is 25.7 Å². The van der Waals surface area contributed by atoms with Crippen molar-refractivity contribution in [2.75, 3.05) is 13.1 Å². The summed E-state index contributed by atoms with van der Waals surface area (Å²) in [7, 11) is 0. The van der Waals surface area contributed by atoms with Crippen LogP contribution >= 0.6 is 0 Å². The highest BCUT2D eigenvalue weighted by Crippen LogP contribution is 2.29. The molecule has 1 heterocycles. The van der Waals surface area contributed by atoms with Gasteiger partial charge in [0.2, 0.25) is 11.8 Å². The van der Waals surface area contributed by atoms with Gasteiger partial charge in [-0.2, -0.15) is 0 Å². The molecular formula is C15H26N2O2. The van der Waals surface area contributed by atoms with Crippen LogP contribution in [0.1, 0.15) is 52.9 Å². The summed E-state index contributed by atoms with van der Waals surface area (Å²) in [6.45, 7) is 7.38. The zero-order valence-electron chi connectivity index (χ0n) is 12.4. The van der Waals surface area contributed by atoms with Gasteiger partial charge in [0.1, 0.15) is 0 Å². The van der Waals surface area contributed by atoms with Crippen molar-refractivity contribution in [2.24, 2.45) is 11.3 Å². The van der Waals surface area contributed by atoms with Crippen molar-refractivity contribution in [2.45, 2.75) is 58.9 Å². The molecule has 0 unspecified atom stereocenters. The number of rotatable bonds is 2. The Hall–Kier alpha value is -1.06. The van der Waals surface area contributed by atoms with Gasteiger partial charge in [-0.1, -0.05) is 27.2 Å². The van der Waals surface area contributed by atoms with E-state index in [2.05, 4.69) is 5.32 Å². The molecule has 4 nitrogen and oxygen atoms in total. The Bertz CT molecular complexity index is 348. The largest absolute Gasteiger partial charge is 0.353 e. The Kier molecular flexibility index (Phi) is 4.16. The van der Waals surface area contributed by atoms with Crippen molar-refractivity contribution in [3.05, 3.63) is 0 Å². The molecule has 0 bridgehead atoms. The van der Waals surface area contributed by atoms with E-state index < -0.39 is 0 Å². The molecule has 1 N–H and O–H groups in total. The molecular weight excluding hydrogens is 240 g/mol. The first-order valence-corrected chi connectivity index (χ1v) is 7.47. The van der Waals surface area contributed by atoms with Crippen LogP contribution in [-0.2, 0) is 9.59 Å². The number of likely N-dealkylation sites (tertiary alicyclic amines) is 1. The van der Waals surface area contributed by atoms with Crippen LogP contribution in [0.25, 0.3) is 0 Å². The molecule has 1 aliphatic heterocycles. The minimum absolute atomic E-state index is 0.108. The summed E-state index contributed by atoms with van der Waals surface area (Å²) < 4.78 is 0. The number of amides is 2. The second kappa shape index (κ2) is 5.51. The van der Waals surface area contributed by atoms with Crippen LogP contribution in [0.5, 0.6) is 0 Å². The van der Waals surface area contributed by atoms with Crippen LogP contribution in [-0.4, -0.2) is 35.8 Å². The van der Waals surface area contributed by atoms with E-state index in [1.165, 1.54) is 6.42 Å². The van der Waals surface area contributed by atoms with Crippen LogP contribution in [0, 0.1) is 11.3 Å². The van der Waals surface area contributed by atoms with Crippen LogP contribution < -0.4 is 5.32 Å². The van der Waals surface area contributed by atoms with Crippen LogP contribution in [0.2, 0.25) is 0 Å². The molecule has 0 atom stereocenters. The Morgan fingerprint density at radius 2 is 1.63 bits per heavy atom. The molecule has 2 fully saturated rings. The van der Waals surface area contributed by atoms with Crippen molar-refractivity contribution >= 4 is 11.8 Å². The third kappa shape index (κ3) is 3.48. The summed E-state index contributed by atoms with van der Waals surface area (Å²) in [5, 5.41) is 3.10. The van der Waals surface area contributed by atoms with E-state index in [1.54, 1.807) is 0 Å². The topological polar surface area (TPSA) is 49.4 Å². The maximum absolute atomic E-state index is 12.1. The lowest BCUT2D eigenvalue weighted by molar-refractivity contribution is -0.139. The Morgan fingerprint density at radius 1 is 1.05 bits per heavy atom. The van der Waals surface area contributed by atoms with Gasteiger partial charge in [0.15, 0.2) is 0 Å². The first-order valence-electron chi connectivity index (χ1n) is 7.47. The lowest BCUT2D eigenvalue weighted by atomic mass is 9.84. The van der Waals surface area contributed by atoms with Crippen LogP contribution in [0.4, 0.5) is 0 Å². The van der Waals surface area contributed by atoms with Crippen molar-refractivity contribution in [1.82, 2.24) is 10.2 Å². The summed E-state index contributed by atoms with van der Waals surface area (Å²) in [4.78, 5) is 26.0. The highest BCUT2D eigenvalue weighted by atomic mass is 16.2. The molecule has 2 aliphatic rings. The minimum atomic E-state index is -0.334. The Morgan fingerprint density at radius 3 is 2.05 bits per heavy atom. The van der Waals surface area contributed by atoms with E-state index in [4.69, 9.17) is 0 Å². The SMILES string of the molecule is CC(C)(C)C(=O)NC1CCN(C(=O)C2CCC2)CC1. The van der Waals surface area contributed by atoms with Crippen molar-refractivity contribution in [1.29, 1.82) is 0 Å². The third-order valence-corrected chi connectivity index (χ3v) is 4.28. The molecule has 0 aromatic heterocycles. The van der Waals surface area contributed by atoms with E-state index in [1.807, 2.05) is 25.7 Å². The van der Waals surface area contributed by atoms with E-state index in [0.717, 1.165) is 38.8 Å². The van der Waals surface area contributed by atoms with Gasteiger partial charge in [-0.25, -0.2) is 0 Å². The maximum atomic E-state index is 12.1. The number of piperidine rings is 1. The van der Waals surface area contributed by atoms with Gasteiger partial charge >= 0.3 is 0 Å². The number of carbonyl (C=O) groups excluding carboxylic acids is 2. The molecule has 19 heavy (non-hydrogen) atoms. The Labute approximate surface area is 115 Å². The summed E-state index contributed by atoms with van der Waals surface area (Å²) in [6.07, 6.45) is 5.12. The lowest BCUT2D eigenvalue weighted by Gasteiger charge is -2.37. The molecule has 2 rings (SSSR count). The van der Waals surface area contributed by atoms with Gasteiger partial charge in [-0.15, -0.1) is 0 Å². The predicted molar refractivity (Wildman–Crippen MR) is 74.5 cm³/mol. The highest BCUT2D eigenvalue weighted by molar-refractivity contribution is 5.82. The fourth-order valence-corrected chi connectivity index (χ4v) is 2.56. The molecule has 0 radical (unpaired) electrons. The summed E-state index contributed by atoms with van der Waals surface area (Å²) in [5.74, 6) is 0.740. The molecule has 1 saturated heterocycles. The third-order valence-electron chi connectivity index (χ3n) is 4.28. The standard InChI is InChI=1S/C15H26N2O2/c1-15(2,3)14(19)16-12-7-9-17(10-8-12)13(18)11-5-4-6-11/h11-12H,4-10H2,1-3H3,(H,16,19). The van der Waals surface area contributed by atoms with Gasteiger partial charge in [-0.3, -0.25) is 9.59 Å². The van der Waals surface area contributed by atoms with Crippen LogP contribution in [0.15, 0.2) is 0 Å². The van der Waals surface area contributed by atoms with Crippen molar-refractivity contribution in [3.8, 4) is 0 Å². The Balaban J connectivity index is 1.76. The van der Waals surface area contributed by atoms with Crippen LogP contribution in [0.3, 0.4) is 0 Å². The van der Waals surface area contributed by atoms with Crippen molar-refractivity contribution in [3.63, 3.8) is 0 Å². The van der Waals surface area contributed by atoms with Crippen molar-refractivity contribution < 1.29 is 9.59 Å². The molecule has 0 aromatic rings. The second-order valence-corrected chi connectivity index (χ2v) is 6.95. The first-order chi connectivity index (χ1) is 8.88. The fourth-order valence-electron chi connectivity index (χ4n) is 2.56. The maximum Gasteiger partial charge on any atom is 0.225 e. The molecule has 108 valence electrons.